The van der Waals surface area contributed by atoms with Crippen LogP contribution >= 0.6 is 0 Å². The lowest BCUT2D eigenvalue weighted by atomic mass is 9.55. The highest BCUT2D eigenvalue weighted by atomic mass is 32.2. The molecule has 8 heteroatoms. The van der Waals surface area contributed by atoms with Gasteiger partial charge in [-0.15, -0.1) is 0 Å². The molecule has 162 valence electrons. The molecule has 1 aromatic carbocycles. The Hall–Kier alpha value is -1.35. The first-order valence-electron chi connectivity index (χ1n) is 10.3. The smallest absolute Gasteiger partial charge is 0.318 e. The first kappa shape index (κ1) is 20.9. The maximum Gasteiger partial charge on any atom is 0.318 e. The number of hydrogen-bond acceptors (Lipinski definition) is 6. The van der Waals surface area contributed by atoms with Crippen molar-refractivity contribution in [2.75, 3.05) is 14.2 Å². The molecular formula is C21H31NO6S. The van der Waals surface area contributed by atoms with Crippen LogP contribution in [0.25, 0.3) is 0 Å². The van der Waals surface area contributed by atoms with Crippen molar-refractivity contribution in [1.29, 1.82) is 0 Å². The second-order valence-electron chi connectivity index (χ2n) is 8.99. The Balaban J connectivity index is 1.66. The molecule has 7 nitrogen and oxygen atoms in total. The van der Waals surface area contributed by atoms with Gasteiger partial charge in [0.1, 0.15) is 0 Å². The normalized spacial score (nSPS) is 36.3. The maximum atomic E-state index is 11.7. The Kier molecular flexibility index (Phi) is 5.34. The molecule has 0 heterocycles. The lowest BCUT2D eigenvalue weighted by Crippen LogP contribution is -2.43. The number of aliphatic hydroxyl groups is 1. The van der Waals surface area contributed by atoms with Crippen molar-refractivity contribution in [1.82, 2.24) is 0 Å². The third kappa shape index (κ3) is 3.44. The highest BCUT2D eigenvalue weighted by Crippen LogP contribution is 2.61. The molecule has 0 aliphatic heterocycles. The van der Waals surface area contributed by atoms with E-state index in [2.05, 4.69) is 6.92 Å². The number of sulfonamides is 1. The topological polar surface area (TPSA) is 108 Å². The molecule has 2 saturated carbocycles. The summed E-state index contributed by atoms with van der Waals surface area (Å²) in [6.45, 7) is 2.26. The lowest BCUT2D eigenvalue weighted by Gasteiger charge is -2.50. The fourth-order valence-electron chi connectivity index (χ4n) is 6.15. The predicted octanol–water partition coefficient (Wildman–Crippen LogP) is 2.51. The average molecular weight is 427 g/mol. The van der Waals surface area contributed by atoms with Gasteiger partial charge in [-0.1, -0.05) is 6.92 Å². The zero-order chi connectivity index (χ0) is 21.0. The summed E-state index contributed by atoms with van der Waals surface area (Å²) in [7, 11) is -1.25. The van der Waals surface area contributed by atoms with Crippen LogP contribution in [0.4, 0.5) is 0 Å². The van der Waals surface area contributed by atoms with E-state index >= 15 is 0 Å². The second kappa shape index (κ2) is 7.41. The van der Waals surface area contributed by atoms with Gasteiger partial charge in [0.2, 0.25) is 0 Å². The molecule has 7 atom stereocenters. The van der Waals surface area contributed by atoms with E-state index in [1.165, 1.54) is 12.7 Å². The largest absolute Gasteiger partial charge is 0.493 e. The third-order valence-corrected chi connectivity index (χ3v) is 8.47. The van der Waals surface area contributed by atoms with E-state index in [-0.39, 0.29) is 11.5 Å². The summed E-state index contributed by atoms with van der Waals surface area (Å²) >= 11 is 0. The molecule has 2 unspecified atom stereocenters. The van der Waals surface area contributed by atoms with Crippen LogP contribution in [0.1, 0.15) is 56.1 Å². The van der Waals surface area contributed by atoms with Gasteiger partial charge in [0, 0.05) is 7.11 Å². The van der Waals surface area contributed by atoms with Crippen molar-refractivity contribution in [3.8, 4) is 11.5 Å². The van der Waals surface area contributed by atoms with Crippen molar-refractivity contribution < 1.29 is 27.7 Å². The highest BCUT2D eigenvalue weighted by molar-refractivity contribution is 7.89. The van der Waals surface area contributed by atoms with Crippen molar-refractivity contribution in [3.63, 3.8) is 0 Å². The second-order valence-corrected chi connectivity index (χ2v) is 10.5. The molecule has 3 N–H and O–H groups in total. The predicted molar refractivity (Wildman–Crippen MR) is 108 cm³/mol. The van der Waals surface area contributed by atoms with Crippen LogP contribution in [0.3, 0.4) is 0 Å². The van der Waals surface area contributed by atoms with Crippen molar-refractivity contribution >= 4 is 10.0 Å². The molecule has 0 spiro atoms. The Bertz CT molecular complexity index is 887. The molecule has 29 heavy (non-hydrogen) atoms. The number of ether oxygens (including phenoxy) is 3. The molecule has 4 rings (SSSR count). The Morgan fingerprint density at radius 2 is 2.00 bits per heavy atom. The molecule has 3 aliphatic rings. The third-order valence-electron chi connectivity index (χ3n) is 7.64. The van der Waals surface area contributed by atoms with Crippen LogP contribution in [0.2, 0.25) is 0 Å². The van der Waals surface area contributed by atoms with Crippen LogP contribution < -0.4 is 14.6 Å². The summed E-state index contributed by atoms with van der Waals surface area (Å²) in [5, 5.41) is 15.7. The van der Waals surface area contributed by atoms with Crippen molar-refractivity contribution in [2.45, 2.75) is 63.1 Å². The van der Waals surface area contributed by atoms with Gasteiger partial charge in [0.15, 0.2) is 11.5 Å². The van der Waals surface area contributed by atoms with E-state index in [4.69, 9.17) is 19.3 Å². The summed E-state index contributed by atoms with van der Waals surface area (Å²) in [5.41, 5.74) is 0.876. The number of aryl methyl sites for hydroxylation is 1. The number of methoxy groups -OCH3 is 2. The van der Waals surface area contributed by atoms with Crippen LogP contribution in [-0.2, 0) is 21.2 Å². The minimum absolute atomic E-state index is 0.0347. The van der Waals surface area contributed by atoms with Gasteiger partial charge in [-0.05, 0) is 85.0 Å². The molecule has 1 aromatic rings. The number of primary sulfonamides is 1. The minimum atomic E-state index is -4.02. The Morgan fingerprint density at radius 1 is 1.24 bits per heavy atom. The van der Waals surface area contributed by atoms with E-state index in [1.54, 1.807) is 7.11 Å². The quantitative estimate of drug-likeness (QED) is 0.701. The summed E-state index contributed by atoms with van der Waals surface area (Å²) in [6.07, 6.45) is 5.84. The van der Waals surface area contributed by atoms with Crippen LogP contribution in [-0.4, -0.2) is 39.5 Å². The summed E-state index contributed by atoms with van der Waals surface area (Å²) < 4.78 is 39.3. The SMILES string of the molecule is COc1cc2c(cc1OC(OC)S(N)(=O)=[17O])CC[C@@H]1[C@@H]2CC[C@]2(C)[C@@H](O)CC[C@@H]12. The van der Waals surface area contributed by atoms with Crippen LogP contribution in [0, 0.1) is 17.3 Å². The van der Waals surface area contributed by atoms with Gasteiger partial charge < -0.3 is 19.3 Å². The van der Waals surface area contributed by atoms with Crippen LogP contribution in [0.15, 0.2) is 12.1 Å². The number of nitrogens with two attached hydrogens (primary N) is 1. The molecule has 3 aliphatic carbocycles. The number of aliphatic hydroxyl groups excluding tert-OH is 1. The highest BCUT2D eigenvalue weighted by Gasteiger charge is 2.54. The first-order chi connectivity index (χ1) is 13.7. The van der Waals surface area contributed by atoms with Crippen molar-refractivity contribution in [2.24, 2.45) is 22.4 Å². The van der Waals surface area contributed by atoms with Gasteiger partial charge in [0.25, 0.3) is 10.0 Å². The Labute approximate surface area is 172 Å². The number of benzene rings is 1. The van der Waals surface area contributed by atoms with Crippen LogP contribution in [0.5, 0.6) is 11.5 Å². The minimum Gasteiger partial charge on any atom is -0.493 e. The maximum absolute atomic E-state index is 11.7. The van der Waals surface area contributed by atoms with E-state index < -0.39 is 15.6 Å². The fourth-order valence-corrected chi connectivity index (χ4v) is 6.66. The van der Waals surface area contributed by atoms with E-state index in [0.29, 0.717) is 29.3 Å². The van der Waals surface area contributed by atoms with Gasteiger partial charge in [0.05, 0.1) is 13.2 Å². The molecule has 0 amide bonds. The fraction of sp³-hybridized carbons (Fsp3) is 0.714. The first-order valence-corrected chi connectivity index (χ1v) is 11.9. The monoisotopic (exact) mass is 426 g/mol. The number of hydrogen-bond donors (Lipinski definition) is 2. The van der Waals surface area contributed by atoms with E-state index in [0.717, 1.165) is 44.1 Å². The molecular weight excluding hydrogens is 395 g/mol. The van der Waals surface area contributed by atoms with Gasteiger partial charge >= 0.3 is 5.62 Å². The van der Waals surface area contributed by atoms with Gasteiger partial charge in [-0.2, -0.15) is 0 Å². The lowest BCUT2D eigenvalue weighted by molar-refractivity contribution is -0.0227. The van der Waals surface area contributed by atoms with Gasteiger partial charge in [-0.3, -0.25) is 0 Å². The summed E-state index contributed by atoms with van der Waals surface area (Å²) in [4.78, 5) is 0. The number of rotatable bonds is 5. The van der Waals surface area contributed by atoms with E-state index in [1.807, 2.05) is 12.1 Å². The zero-order valence-electron chi connectivity index (χ0n) is 17.3. The number of fused-ring (bicyclic) bond motifs is 5. The average Bonchev–Trinajstić information content (AvgIpc) is 2.99. The molecule has 0 aromatic heterocycles. The van der Waals surface area contributed by atoms with E-state index in [9.17, 15) is 13.5 Å². The van der Waals surface area contributed by atoms with Crippen molar-refractivity contribution in [3.05, 3.63) is 23.3 Å². The molecule has 0 saturated heterocycles. The zero-order valence-corrected chi connectivity index (χ0v) is 18.1. The standard InChI is InChI=1S/C21H31NO6S/c1-21-9-8-13-14(16(21)6-7-19(21)23)5-4-12-10-18(17(26-2)11-15(12)13)28-20(27-3)29(22,24)25/h10-11,13-14,16,19-20,23H,4-9H2,1-3H3,(H2,22,24,25)/t13-,14+,16-,19-,20?,21-/m0/s1/i24+1/t13-,14+,16-,19-,20?,21-,29?. The Morgan fingerprint density at radius 3 is 2.66 bits per heavy atom. The van der Waals surface area contributed by atoms with Gasteiger partial charge in [-0.25, -0.2) is 13.6 Å². The summed E-state index contributed by atoms with van der Waals surface area (Å²) in [5.74, 6) is 2.34. The summed E-state index contributed by atoms with van der Waals surface area (Å²) in [6, 6.07) is 3.87. The molecule has 0 radical (unpaired) electrons. The molecule has 0 bridgehead atoms. The molecule has 2 fully saturated rings.